The van der Waals surface area contributed by atoms with Gasteiger partial charge in [0.1, 0.15) is 0 Å². The van der Waals surface area contributed by atoms with E-state index in [0.29, 0.717) is 13.1 Å². The van der Waals surface area contributed by atoms with Gasteiger partial charge in [0.15, 0.2) is 0 Å². The highest BCUT2D eigenvalue weighted by Gasteiger charge is 2.09. The van der Waals surface area contributed by atoms with Gasteiger partial charge >= 0.3 is 0 Å². The first-order valence-corrected chi connectivity index (χ1v) is 8.33. The molecular formula is C18H25N5O. The lowest BCUT2D eigenvalue weighted by molar-refractivity contribution is 0.152. The van der Waals surface area contributed by atoms with Gasteiger partial charge in [-0.3, -0.25) is 4.68 Å². The van der Waals surface area contributed by atoms with E-state index in [4.69, 9.17) is 0 Å². The second-order valence-electron chi connectivity index (χ2n) is 6.46. The molecule has 0 fully saturated rings. The molecule has 1 unspecified atom stereocenters. The Hall–Kier alpha value is -2.18. The summed E-state index contributed by atoms with van der Waals surface area (Å²) < 4.78 is 3.92. The number of benzene rings is 1. The Morgan fingerprint density at radius 3 is 2.75 bits per heavy atom. The molecule has 1 aromatic carbocycles. The van der Waals surface area contributed by atoms with Gasteiger partial charge in [0.05, 0.1) is 42.8 Å². The van der Waals surface area contributed by atoms with E-state index in [2.05, 4.69) is 41.4 Å². The Kier molecular flexibility index (Phi) is 4.97. The Morgan fingerprint density at radius 2 is 2.00 bits per heavy atom. The maximum absolute atomic E-state index is 10.3. The van der Waals surface area contributed by atoms with Gasteiger partial charge in [-0.05, 0) is 49.6 Å². The summed E-state index contributed by atoms with van der Waals surface area (Å²) in [5.74, 6) is 0. The fourth-order valence-corrected chi connectivity index (χ4v) is 2.80. The average molecular weight is 327 g/mol. The van der Waals surface area contributed by atoms with Gasteiger partial charge in [0.2, 0.25) is 0 Å². The molecule has 0 radical (unpaired) electrons. The van der Waals surface area contributed by atoms with Crippen molar-refractivity contribution in [1.82, 2.24) is 24.6 Å². The van der Waals surface area contributed by atoms with E-state index in [1.54, 1.807) is 6.33 Å². The minimum Gasteiger partial charge on any atom is -0.390 e. The molecule has 3 rings (SSSR count). The number of imidazole rings is 1. The van der Waals surface area contributed by atoms with Crippen LogP contribution in [-0.2, 0) is 13.1 Å². The highest BCUT2D eigenvalue weighted by molar-refractivity contribution is 5.77. The Balaban J connectivity index is 1.51. The van der Waals surface area contributed by atoms with Crippen LogP contribution in [-0.4, -0.2) is 43.6 Å². The maximum atomic E-state index is 10.3. The number of hydrogen-bond donors (Lipinski definition) is 2. The van der Waals surface area contributed by atoms with Gasteiger partial charge in [-0.15, -0.1) is 0 Å². The molecule has 3 aromatic rings. The summed E-state index contributed by atoms with van der Waals surface area (Å²) in [5, 5.41) is 17.8. The van der Waals surface area contributed by atoms with Crippen LogP contribution in [0.25, 0.3) is 11.0 Å². The van der Waals surface area contributed by atoms with E-state index in [-0.39, 0.29) is 0 Å². The fraction of sp³-hybridized carbons (Fsp3) is 0.444. The molecule has 0 aliphatic carbocycles. The highest BCUT2D eigenvalue weighted by Crippen LogP contribution is 2.18. The number of nitrogens with zero attached hydrogens (tertiary/aromatic N) is 4. The minimum atomic E-state index is -0.455. The van der Waals surface area contributed by atoms with Crippen molar-refractivity contribution in [3.05, 3.63) is 47.5 Å². The Bertz CT molecular complexity index is 820. The van der Waals surface area contributed by atoms with E-state index in [1.807, 2.05) is 28.6 Å². The van der Waals surface area contributed by atoms with Crippen molar-refractivity contribution in [2.45, 2.75) is 40.0 Å². The minimum absolute atomic E-state index is 0.455. The first-order valence-electron chi connectivity index (χ1n) is 8.33. The third-order valence-electron chi connectivity index (χ3n) is 4.30. The van der Waals surface area contributed by atoms with Crippen LogP contribution in [0.1, 0.15) is 16.7 Å². The van der Waals surface area contributed by atoms with Crippen molar-refractivity contribution in [1.29, 1.82) is 0 Å². The number of aromatic nitrogens is 4. The molecule has 6 heteroatoms. The molecule has 0 saturated heterocycles. The molecule has 0 aliphatic rings. The van der Waals surface area contributed by atoms with Gasteiger partial charge in [-0.25, -0.2) is 4.98 Å². The Morgan fingerprint density at radius 1 is 1.21 bits per heavy atom. The quantitative estimate of drug-likeness (QED) is 0.650. The van der Waals surface area contributed by atoms with Crippen LogP contribution in [0, 0.1) is 20.8 Å². The largest absolute Gasteiger partial charge is 0.390 e. The molecule has 2 N–H and O–H groups in total. The Labute approximate surface area is 142 Å². The summed E-state index contributed by atoms with van der Waals surface area (Å²) in [6, 6.07) is 4.23. The second kappa shape index (κ2) is 7.15. The summed E-state index contributed by atoms with van der Waals surface area (Å²) >= 11 is 0. The third kappa shape index (κ3) is 3.83. The van der Waals surface area contributed by atoms with Crippen LogP contribution in [0.5, 0.6) is 0 Å². The van der Waals surface area contributed by atoms with Crippen LogP contribution in [0.2, 0.25) is 0 Å². The van der Waals surface area contributed by atoms with Gasteiger partial charge in [-0.2, -0.15) is 5.10 Å². The van der Waals surface area contributed by atoms with Crippen LogP contribution in [0.15, 0.2) is 30.9 Å². The number of hydrogen-bond acceptors (Lipinski definition) is 4. The molecule has 128 valence electrons. The van der Waals surface area contributed by atoms with Crippen molar-refractivity contribution in [3.63, 3.8) is 0 Å². The highest BCUT2D eigenvalue weighted by atomic mass is 16.3. The smallest absolute Gasteiger partial charge is 0.0959 e. The van der Waals surface area contributed by atoms with Crippen molar-refractivity contribution < 1.29 is 5.11 Å². The molecule has 0 saturated carbocycles. The molecule has 0 spiro atoms. The van der Waals surface area contributed by atoms with Crippen LogP contribution in [0.4, 0.5) is 0 Å². The fourth-order valence-electron chi connectivity index (χ4n) is 2.80. The normalized spacial score (nSPS) is 12.8. The average Bonchev–Trinajstić information content (AvgIpc) is 3.12. The van der Waals surface area contributed by atoms with Gasteiger partial charge in [0, 0.05) is 19.3 Å². The monoisotopic (exact) mass is 327 g/mol. The van der Waals surface area contributed by atoms with Crippen molar-refractivity contribution in [3.8, 4) is 0 Å². The maximum Gasteiger partial charge on any atom is 0.0959 e. The summed E-state index contributed by atoms with van der Waals surface area (Å²) in [5.41, 5.74) is 5.69. The molecule has 0 amide bonds. The summed E-state index contributed by atoms with van der Waals surface area (Å²) in [6.07, 6.45) is 5.21. The van der Waals surface area contributed by atoms with E-state index < -0.39 is 6.10 Å². The molecular weight excluding hydrogens is 302 g/mol. The zero-order valence-corrected chi connectivity index (χ0v) is 14.5. The molecule has 0 bridgehead atoms. The van der Waals surface area contributed by atoms with Crippen LogP contribution >= 0.6 is 0 Å². The third-order valence-corrected chi connectivity index (χ3v) is 4.30. The lowest BCUT2D eigenvalue weighted by Crippen LogP contribution is -2.32. The lowest BCUT2D eigenvalue weighted by Gasteiger charge is -2.13. The molecule has 2 aromatic heterocycles. The SMILES string of the molecule is Cc1cnn(CCNCC(O)Cn2cnc3cc(C)c(C)cc32)c1. The first-order chi connectivity index (χ1) is 11.5. The van der Waals surface area contributed by atoms with Gasteiger partial charge in [0.25, 0.3) is 0 Å². The van der Waals surface area contributed by atoms with E-state index in [0.717, 1.165) is 29.7 Å². The van der Waals surface area contributed by atoms with Crippen LogP contribution in [0.3, 0.4) is 0 Å². The first kappa shape index (κ1) is 16.7. The lowest BCUT2D eigenvalue weighted by atomic mass is 10.1. The van der Waals surface area contributed by atoms with E-state index in [1.165, 1.54) is 11.1 Å². The molecule has 24 heavy (non-hydrogen) atoms. The van der Waals surface area contributed by atoms with Crippen molar-refractivity contribution in [2.75, 3.05) is 13.1 Å². The molecule has 1 atom stereocenters. The number of aliphatic hydroxyl groups is 1. The van der Waals surface area contributed by atoms with E-state index in [9.17, 15) is 5.11 Å². The number of aliphatic hydroxyl groups excluding tert-OH is 1. The summed E-state index contributed by atoms with van der Waals surface area (Å²) in [7, 11) is 0. The number of nitrogens with one attached hydrogen (secondary N) is 1. The van der Waals surface area contributed by atoms with Gasteiger partial charge < -0.3 is 15.0 Å². The zero-order chi connectivity index (χ0) is 17.1. The number of rotatable bonds is 7. The number of aryl methyl sites for hydroxylation is 3. The predicted molar refractivity (Wildman–Crippen MR) is 95.0 cm³/mol. The van der Waals surface area contributed by atoms with E-state index >= 15 is 0 Å². The van der Waals surface area contributed by atoms with Crippen molar-refractivity contribution >= 4 is 11.0 Å². The second-order valence-corrected chi connectivity index (χ2v) is 6.46. The topological polar surface area (TPSA) is 67.9 Å². The summed E-state index contributed by atoms with van der Waals surface area (Å²) in [4.78, 5) is 4.43. The standard InChI is InChI=1S/C18H25N5O/c1-13-8-21-23(10-13)5-4-19-9-16(24)11-22-12-20-17-6-14(2)15(3)7-18(17)22/h6-8,10,12,16,19,24H,4-5,9,11H2,1-3H3. The predicted octanol–water partition coefficient (Wildman–Crippen LogP) is 1.81. The van der Waals surface area contributed by atoms with Gasteiger partial charge in [-0.1, -0.05) is 0 Å². The molecule has 0 aliphatic heterocycles. The summed E-state index contributed by atoms with van der Waals surface area (Å²) in [6.45, 7) is 8.87. The number of fused-ring (bicyclic) bond motifs is 1. The van der Waals surface area contributed by atoms with Crippen LogP contribution < -0.4 is 5.32 Å². The zero-order valence-electron chi connectivity index (χ0n) is 14.5. The molecule has 2 heterocycles. The molecule has 6 nitrogen and oxygen atoms in total. The van der Waals surface area contributed by atoms with Crippen molar-refractivity contribution in [2.24, 2.45) is 0 Å².